The van der Waals surface area contributed by atoms with E-state index in [9.17, 15) is 0 Å². The van der Waals surface area contributed by atoms with E-state index in [1.165, 1.54) is 0 Å². The average molecular weight is 124 g/mol. The van der Waals surface area contributed by atoms with E-state index in [-0.39, 0.29) is 0 Å². The van der Waals surface area contributed by atoms with Crippen LogP contribution in [0.3, 0.4) is 0 Å². The molecule has 0 bridgehead atoms. The van der Waals surface area contributed by atoms with Gasteiger partial charge in [0, 0.05) is 17.2 Å². The van der Waals surface area contributed by atoms with E-state index >= 15 is 0 Å². The molecule has 1 rings (SSSR count). The molecule has 1 aliphatic rings. The molecule has 0 radical (unpaired) electrons. The Balaban J connectivity index is 2.56. The Bertz CT molecular complexity index is 166. The smallest absolute Gasteiger partial charge is 0.0139 e. The minimum atomic E-state index is 0.828. The second-order valence-electron chi connectivity index (χ2n) is 1.84. The minimum Gasteiger partial charge on any atom is -0.313 e. The van der Waals surface area contributed by atoms with Crippen molar-refractivity contribution in [3.8, 4) is 0 Å². The standard InChI is InChI=1S/C5H8N4/c6-9-8-5-1-3-7-4-2-5/h1,7H,2-4H2. The Hall–Kier alpha value is -0.990. The molecule has 9 heavy (non-hydrogen) atoms. The molecule has 0 aromatic rings. The molecule has 0 saturated carbocycles. The lowest BCUT2D eigenvalue weighted by atomic mass is 10.2. The maximum absolute atomic E-state index is 8.02. The monoisotopic (exact) mass is 124 g/mol. The van der Waals surface area contributed by atoms with Crippen LogP contribution in [-0.4, -0.2) is 13.1 Å². The molecule has 4 nitrogen and oxygen atoms in total. The summed E-state index contributed by atoms with van der Waals surface area (Å²) in [5.74, 6) is 0. The summed E-state index contributed by atoms with van der Waals surface area (Å²) in [5, 5.41) is 6.60. The summed E-state index contributed by atoms with van der Waals surface area (Å²) in [6.45, 7) is 1.75. The highest BCUT2D eigenvalue weighted by Gasteiger charge is 1.97. The first-order chi connectivity index (χ1) is 4.43. The second-order valence-corrected chi connectivity index (χ2v) is 1.84. The quantitative estimate of drug-likeness (QED) is 0.318. The highest BCUT2D eigenvalue weighted by atomic mass is 15.1. The molecular formula is C5H8N4. The molecule has 0 aliphatic carbocycles. The van der Waals surface area contributed by atoms with Crippen LogP contribution in [0.5, 0.6) is 0 Å². The molecule has 1 N–H and O–H groups in total. The number of nitrogens with zero attached hydrogens (tertiary/aromatic N) is 3. The van der Waals surface area contributed by atoms with Crippen molar-refractivity contribution in [3.63, 3.8) is 0 Å². The van der Waals surface area contributed by atoms with Gasteiger partial charge in [0.15, 0.2) is 0 Å². The van der Waals surface area contributed by atoms with Crippen LogP contribution in [0.4, 0.5) is 0 Å². The Morgan fingerprint density at radius 2 is 2.67 bits per heavy atom. The summed E-state index contributed by atoms with van der Waals surface area (Å²) in [4.78, 5) is 2.69. The SMILES string of the molecule is [N-]=[N+]=NC1=CCNCC1. The maximum atomic E-state index is 8.02. The van der Waals surface area contributed by atoms with Gasteiger partial charge in [0.25, 0.3) is 0 Å². The van der Waals surface area contributed by atoms with Crippen LogP contribution >= 0.6 is 0 Å². The number of azide groups is 1. The third-order valence-corrected chi connectivity index (χ3v) is 1.21. The van der Waals surface area contributed by atoms with Crippen molar-refractivity contribution in [1.29, 1.82) is 0 Å². The molecule has 48 valence electrons. The topological polar surface area (TPSA) is 60.8 Å². The van der Waals surface area contributed by atoms with Crippen molar-refractivity contribution in [3.05, 3.63) is 22.2 Å². The van der Waals surface area contributed by atoms with Gasteiger partial charge in [-0.15, -0.1) is 0 Å². The Morgan fingerprint density at radius 1 is 1.78 bits per heavy atom. The average Bonchev–Trinajstić information content (AvgIpc) is 1.91. The second kappa shape index (κ2) is 3.12. The molecule has 0 atom stereocenters. The van der Waals surface area contributed by atoms with Gasteiger partial charge in [-0.2, -0.15) is 0 Å². The van der Waals surface area contributed by atoms with Crippen molar-refractivity contribution in [2.24, 2.45) is 5.11 Å². The summed E-state index contributed by atoms with van der Waals surface area (Å²) in [6.07, 6.45) is 2.76. The summed E-state index contributed by atoms with van der Waals surface area (Å²) < 4.78 is 0. The van der Waals surface area contributed by atoms with Crippen LogP contribution in [0.2, 0.25) is 0 Å². The fourth-order valence-corrected chi connectivity index (χ4v) is 0.759. The van der Waals surface area contributed by atoms with Gasteiger partial charge >= 0.3 is 0 Å². The first-order valence-corrected chi connectivity index (χ1v) is 2.88. The van der Waals surface area contributed by atoms with Gasteiger partial charge in [-0.1, -0.05) is 11.2 Å². The third-order valence-electron chi connectivity index (χ3n) is 1.21. The first kappa shape index (κ1) is 6.13. The molecule has 4 heteroatoms. The lowest BCUT2D eigenvalue weighted by Crippen LogP contribution is -2.19. The van der Waals surface area contributed by atoms with Gasteiger partial charge in [0.2, 0.25) is 0 Å². The summed E-state index contributed by atoms with van der Waals surface area (Å²) in [7, 11) is 0. The van der Waals surface area contributed by atoms with E-state index in [0.29, 0.717) is 0 Å². The van der Waals surface area contributed by atoms with Gasteiger partial charge in [0.1, 0.15) is 0 Å². The molecule has 0 aromatic carbocycles. The van der Waals surface area contributed by atoms with Crippen LogP contribution in [0.25, 0.3) is 10.4 Å². The molecule has 0 fully saturated rings. The fourth-order valence-electron chi connectivity index (χ4n) is 0.759. The van der Waals surface area contributed by atoms with Crippen LogP contribution in [0.1, 0.15) is 6.42 Å². The van der Waals surface area contributed by atoms with E-state index in [4.69, 9.17) is 5.53 Å². The van der Waals surface area contributed by atoms with Crippen LogP contribution < -0.4 is 5.32 Å². The van der Waals surface area contributed by atoms with Crippen molar-refractivity contribution in [2.45, 2.75) is 6.42 Å². The molecule has 1 aliphatic heterocycles. The normalized spacial score (nSPS) is 18.0. The van der Waals surface area contributed by atoms with Gasteiger partial charge in [-0.25, -0.2) is 0 Å². The number of rotatable bonds is 1. The largest absolute Gasteiger partial charge is 0.313 e. The van der Waals surface area contributed by atoms with Gasteiger partial charge in [0.05, 0.1) is 0 Å². The summed E-state index contributed by atoms with van der Waals surface area (Å²) >= 11 is 0. The zero-order valence-electron chi connectivity index (χ0n) is 5.04. The third kappa shape index (κ3) is 1.76. The molecule has 0 saturated heterocycles. The van der Waals surface area contributed by atoms with Gasteiger partial charge in [-0.3, -0.25) is 0 Å². The van der Waals surface area contributed by atoms with E-state index in [1.807, 2.05) is 6.08 Å². The Morgan fingerprint density at radius 3 is 3.22 bits per heavy atom. The number of nitrogens with one attached hydrogen (secondary N) is 1. The molecular weight excluding hydrogens is 116 g/mol. The van der Waals surface area contributed by atoms with E-state index in [2.05, 4.69) is 15.3 Å². The molecule has 0 spiro atoms. The van der Waals surface area contributed by atoms with Crippen LogP contribution in [0.15, 0.2) is 16.9 Å². The van der Waals surface area contributed by atoms with Crippen LogP contribution in [-0.2, 0) is 0 Å². The van der Waals surface area contributed by atoms with Gasteiger partial charge < -0.3 is 5.32 Å². The first-order valence-electron chi connectivity index (χ1n) is 2.88. The highest BCUT2D eigenvalue weighted by molar-refractivity contribution is 5.04. The molecule has 1 heterocycles. The minimum absolute atomic E-state index is 0.828. The Kier molecular flexibility index (Phi) is 2.13. The van der Waals surface area contributed by atoms with Crippen molar-refractivity contribution in [1.82, 2.24) is 5.32 Å². The van der Waals surface area contributed by atoms with E-state index in [0.717, 1.165) is 25.2 Å². The summed E-state index contributed by atoms with van der Waals surface area (Å²) in [6, 6.07) is 0. The number of hydrogen-bond donors (Lipinski definition) is 1. The molecule has 0 aromatic heterocycles. The Labute approximate surface area is 53.2 Å². The zero-order valence-corrected chi connectivity index (χ0v) is 5.04. The van der Waals surface area contributed by atoms with E-state index < -0.39 is 0 Å². The van der Waals surface area contributed by atoms with Gasteiger partial charge in [-0.05, 0) is 18.5 Å². The number of hydrogen-bond acceptors (Lipinski definition) is 2. The lowest BCUT2D eigenvalue weighted by Gasteiger charge is -2.07. The van der Waals surface area contributed by atoms with Crippen molar-refractivity contribution in [2.75, 3.05) is 13.1 Å². The predicted octanol–water partition coefficient (Wildman–Crippen LogP) is 1.17. The van der Waals surface area contributed by atoms with Crippen molar-refractivity contribution < 1.29 is 0 Å². The maximum Gasteiger partial charge on any atom is 0.0139 e. The van der Waals surface area contributed by atoms with Crippen LogP contribution in [0, 0.1) is 0 Å². The fraction of sp³-hybridized carbons (Fsp3) is 0.600. The molecule has 0 unspecified atom stereocenters. The van der Waals surface area contributed by atoms with Crippen molar-refractivity contribution >= 4 is 0 Å². The highest BCUT2D eigenvalue weighted by Crippen LogP contribution is 2.04. The van der Waals surface area contributed by atoms with E-state index in [1.54, 1.807) is 0 Å². The summed E-state index contributed by atoms with van der Waals surface area (Å²) in [5.41, 5.74) is 8.87. The molecule has 0 amide bonds. The lowest BCUT2D eigenvalue weighted by molar-refractivity contribution is 0.697. The predicted molar refractivity (Wildman–Crippen MR) is 34.7 cm³/mol. The zero-order chi connectivity index (χ0) is 6.53.